The molecule has 1 atom stereocenters. The van der Waals surface area contributed by atoms with Crippen LogP contribution in [0.2, 0.25) is 5.15 Å². The summed E-state index contributed by atoms with van der Waals surface area (Å²) in [7, 11) is 0. The molecule has 0 radical (unpaired) electrons. The second-order valence-electron chi connectivity index (χ2n) is 5.77. The van der Waals surface area contributed by atoms with Crippen molar-refractivity contribution in [1.29, 1.82) is 0 Å². The van der Waals surface area contributed by atoms with Crippen LogP contribution in [0, 0.1) is 0 Å². The summed E-state index contributed by atoms with van der Waals surface area (Å²) in [5.41, 5.74) is 1.46. The van der Waals surface area contributed by atoms with Crippen LogP contribution < -0.4 is 4.74 Å². The van der Waals surface area contributed by atoms with Crippen LogP contribution in [0.1, 0.15) is 46.0 Å². The average molecular weight is 379 g/mol. The van der Waals surface area contributed by atoms with E-state index in [2.05, 4.69) is 24.0 Å². The molecule has 6 heteroatoms. The van der Waals surface area contributed by atoms with Crippen molar-refractivity contribution in [2.75, 3.05) is 0 Å². The third-order valence-corrected chi connectivity index (χ3v) is 4.09. The average Bonchev–Trinajstić information content (AvgIpc) is 2.60. The van der Waals surface area contributed by atoms with Gasteiger partial charge in [-0.2, -0.15) is 0 Å². The standard InChI is InChI=1S/C19H23ClN2O2S/c1-3-5-12-15(9-4-2)23-19(25)24-16-13-17(20)21-22-18(16)14-10-7-6-8-11-14/h6-8,10-11,13,15H,3-5,9,12H2,1-2H3. The molecule has 134 valence electrons. The van der Waals surface area contributed by atoms with E-state index < -0.39 is 0 Å². The van der Waals surface area contributed by atoms with Gasteiger partial charge in [0.05, 0.1) is 0 Å². The van der Waals surface area contributed by atoms with E-state index in [1.807, 2.05) is 30.3 Å². The number of benzene rings is 1. The van der Waals surface area contributed by atoms with E-state index in [1.165, 1.54) is 0 Å². The second kappa shape index (κ2) is 10.3. The molecule has 0 N–H and O–H groups in total. The molecule has 0 bridgehead atoms. The highest BCUT2D eigenvalue weighted by Gasteiger charge is 2.16. The van der Waals surface area contributed by atoms with Crippen LogP contribution in [-0.2, 0) is 4.74 Å². The topological polar surface area (TPSA) is 44.2 Å². The normalized spacial score (nSPS) is 11.8. The number of unbranched alkanes of at least 4 members (excludes halogenated alkanes) is 1. The molecule has 1 aromatic heterocycles. The maximum atomic E-state index is 5.97. The summed E-state index contributed by atoms with van der Waals surface area (Å²) in [5.74, 6) is 0.446. The van der Waals surface area contributed by atoms with Gasteiger partial charge in [-0.05, 0) is 12.8 Å². The Morgan fingerprint density at radius 3 is 2.56 bits per heavy atom. The van der Waals surface area contributed by atoms with Crippen LogP contribution in [0.4, 0.5) is 0 Å². The monoisotopic (exact) mass is 378 g/mol. The van der Waals surface area contributed by atoms with Gasteiger partial charge in [0.15, 0.2) is 10.9 Å². The first-order chi connectivity index (χ1) is 12.1. The summed E-state index contributed by atoms with van der Waals surface area (Å²) in [6, 6.07) is 11.2. The summed E-state index contributed by atoms with van der Waals surface area (Å²) in [6.07, 6.45) is 5.25. The molecular formula is C19H23ClN2O2S. The first kappa shape index (κ1) is 19.6. The molecule has 1 unspecified atom stereocenters. The lowest BCUT2D eigenvalue weighted by Crippen LogP contribution is -2.21. The van der Waals surface area contributed by atoms with E-state index in [0.29, 0.717) is 11.4 Å². The number of aromatic nitrogens is 2. The molecular weight excluding hydrogens is 356 g/mol. The van der Waals surface area contributed by atoms with Crippen LogP contribution in [0.25, 0.3) is 11.3 Å². The first-order valence-electron chi connectivity index (χ1n) is 8.61. The molecule has 0 saturated carbocycles. The van der Waals surface area contributed by atoms with Crippen molar-refractivity contribution in [3.05, 3.63) is 41.6 Å². The van der Waals surface area contributed by atoms with E-state index >= 15 is 0 Å². The third-order valence-electron chi connectivity index (χ3n) is 3.72. The minimum atomic E-state index is 0.0721. The smallest absolute Gasteiger partial charge is 0.358 e. The highest BCUT2D eigenvalue weighted by atomic mass is 35.5. The molecule has 1 heterocycles. The largest absolute Gasteiger partial charge is 0.453 e. The number of hydrogen-bond donors (Lipinski definition) is 0. The molecule has 0 aliphatic heterocycles. The van der Waals surface area contributed by atoms with Crippen molar-refractivity contribution in [1.82, 2.24) is 10.2 Å². The third kappa shape index (κ3) is 6.25. The highest BCUT2D eigenvalue weighted by Crippen LogP contribution is 2.29. The Balaban J connectivity index is 2.13. The Morgan fingerprint density at radius 2 is 1.88 bits per heavy atom. The molecule has 0 spiro atoms. The van der Waals surface area contributed by atoms with Crippen molar-refractivity contribution in [3.8, 4) is 17.0 Å². The predicted molar refractivity (Wildman–Crippen MR) is 105 cm³/mol. The maximum absolute atomic E-state index is 5.97. The van der Waals surface area contributed by atoms with Crippen LogP contribution in [0.5, 0.6) is 5.75 Å². The Morgan fingerprint density at radius 1 is 1.12 bits per heavy atom. The van der Waals surface area contributed by atoms with E-state index in [4.69, 9.17) is 33.3 Å². The van der Waals surface area contributed by atoms with Gasteiger partial charge in [-0.1, -0.05) is 75.0 Å². The predicted octanol–water partition coefficient (Wildman–Crippen LogP) is 5.84. The first-order valence-corrected chi connectivity index (χ1v) is 9.39. The molecule has 0 aliphatic rings. The molecule has 0 amide bonds. The Labute approximate surface area is 159 Å². The van der Waals surface area contributed by atoms with E-state index in [0.717, 1.165) is 37.7 Å². The van der Waals surface area contributed by atoms with Gasteiger partial charge in [0.25, 0.3) is 0 Å². The van der Waals surface area contributed by atoms with E-state index in [9.17, 15) is 0 Å². The fourth-order valence-electron chi connectivity index (χ4n) is 2.49. The summed E-state index contributed by atoms with van der Waals surface area (Å²) in [4.78, 5) is 0. The van der Waals surface area contributed by atoms with Crippen molar-refractivity contribution >= 4 is 29.1 Å². The van der Waals surface area contributed by atoms with Gasteiger partial charge in [-0.3, -0.25) is 0 Å². The van der Waals surface area contributed by atoms with Gasteiger partial charge in [-0.15, -0.1) is 10.2 Å². The van der Waals surface area contributed by atoms with Crippen molar-refractivity contribution in [2.24, 2.45) is 0 Å². The fourth-order valence-corrected chi connectivity index (χ4v) is 2.85. The summed E-state index contributed by atoms with van der Waals surface area (Å²) in [5, 5.41) is 8.39. The quantitative estimate of drug-likeness (QED) is 0.540. The SMILES string of the molecule is CCCCC(CCC)OC(=S)Oc1cc(Cl)nnc1-c1ccccc1. The minimum absolute atomic E-state index is 0.0721. The Bertz CT molecular complexity index is 682. The van der Waals surface area contributed by atoms with Gasteiger partial charge in [0.1, 0.15) is 11.8 Å². The summed E-state index contributed by atoms with van der Waals surface area (Å²) >= 11 is 11.3. The van der Waals surface area contributed by atoms with Gasteiger partial charge in [-0.25, -0.2) is 0 Å². The zero-order valence-electron chi connectivity index (χ0n) is 14.6. The van der Waals surface area contributed by atoms with Crippen LogP contribution in [-0.4, -0.2) is 21.5 Å². The number of rotatable bonds is 8. The van der Waals surface area contributed by atoms with Crippen molar-refractivity contribution in [3.63, 3.8) is 0 Å². The van der Waals surface area contributed by atoms with Crippen molar-refractivity contribution in [2.45, 2.75) is 52.1 Å². The van der Waals surface area contributed by atoms with Crippen LogP contribution in [0.15, 0.2) is 36.4 Å². The lowest BCUT2D eigenvalue weighted by atomic mass is 10.1. The fraction of sp³-hybridized carbons (Fsp3) is 0.421. The number of hydrogen-bond acceptors (Lipinski definition) is 5. The van der Waals surface area contributed by atoms with Gasteiger partial charge >= 0.3 is 5.24 Å². The molecule has 0 fully saturated rings. The lowest BCUT2D eigenvalue weighted by molar-refractivity contribution is 0.135. The van der Waals surface area contributed by atoms with Gasteiger partial charge in [0.2, 0.25) is 0 Å². The van der Waals surface area contributed by atoms with Gasteiger partial charge < -0.3 is 9.47 Å². The molecule has 1 aromatic carbocycles. The zero-order chi connectivity index (χ0) is 18.1. The molecule has 2 rings (SSSR count). The van der Waals surface area contributed by atoms with Gasteiger partial charge in [0, 0.05) is 23.8 Å². The second-order valence-corrected chi connectivity index (χ2v) is 6.49. The highest BCUT2D eigenvalue weighted by molar-refractivity contribution is 7.79. The number of thiocarbonyl (C=S) groups is 1. The Kier molecular flexibility index (Phi) is 8.09. The van der Waals surface area contributed by atoms with Crippen LogP contribution in [0.3, 0.4) is 0 Å². The summed E-state index contributed by atoms with van der Waals surface area (Å²) in [6.45, 7) is 4.29. The number of halogens is 1. The van der Waals surface area contributed by atoms with E-state index in [1.54, 1.807) is 6.07 Å². The number of nitrogens with zero attached hydrogens (tertiary/aromatic N) is 2. The minimum Gasteiger partial charge on any atom is -0.453 e. The molecule has 0 saturated heterocycles. The molecule has 0 aliphatic carbocycles. The summed E-state index contributed by atoms with van der Waals surface area (Å²) < 4.78 is 11.6. The zero-order valence-corrected chi connectivity index (χ0v) is 16.1. The maximum Gasteiger partial charge on any atom is 0.358 e. The molecule has 2 aromatic rings. The van der Waals surface area contributed by atoms with E-state index in [-0.39, 0.29) is 16.5 Å². The lowest BCUT2D eigenvalue weighted by Gasteiger charge is -2.19. The number of ether oxygens (including phenoxy) is 2. The molecule has 4 nitrogen and oxygen atoms in total. The van der Waals surface area contributed by atoms with Crippen LogP contribution >= 0.6 is 23.8 Å². The van der Waals surface area contributed by atoms with Crippen molar-refractivity contribution < 1.29 is 9.47 Å². The molecule has 25 heavy (non-hydrogen) atoms. The Hall–Kier alpha value is -1.72.